The third kappa shape index (κ3) is 10.8. The van der Waals surface area contributed by atoms with Crippen molar-refractivity contribution in [3.05, 3.63) is 24.3 Å². The van der Waals surface area contributed by atoms with Crippen molar-refractivity contribution in [2.45, 2.75) is 77.1 Å². The summed E-state index contributed by atoms with van der Waals surface area (Å²) >= 11 is 0. The predicted octanol–water partition coefficient (Wildman–Crippen LogP) is 6.22. The second kappa shape index (κ2) is 14.6. The number of hydrogen-bond acceptors (Lipinski definition) is 3. The standard InChI is InChI=1S/C23H37F2NO2/c24-23(25)8-6-4-2-1-3-5-7-18-27-21-9-11-22(12-10-21)28-19-15-20-13-16-26-17-14-20/h9-12,20,23,26H,1-8,13-19H2. The molecule has 5 heteroatoms. The van der Waals surface area contributed by atoms with Crippen LogP contribution in [0, 0.1) is 5.92 Å². The van der Waals surface area contributed by atoms with Gasteiger partial charge in [0.2, 0.25) is 6.43 Å². The summed E-state index contributed by atoms with van der Waals surface area (Å²) < 4.78 is 35.7. The second-order valence-corrected chi connectivity index (χ2v) is 7.81. The summed E-state index contributed by atoms with van der Waals surface area (Å²) in [5.41, 5.74) is 0. The Morgan fingerprint density at radius 1 is 0.786 bits per heavy atom. The third-order valence-electron chi connectivity index (χ3n) is 5.41. The summed E-state index contributed by atoms with van der Waals surface area (Å²) in [6, 6.07) is 7.92. The van der Waals surface area contributed by atoms with Crippen LogP contribution in [0.5, 0.6) is 11.5 Å². The molecular formula is C23H37F2NO2. The maximum absolute atomic E-state index is 12.0. The van der Waals surface area contributed by atoms with Crippen molar-refractivity contribution in [3.8, 4) is 11.5 Å². The minimum Gasteiger partial charge on any atom is -0.494 e. The van der Waals surface area contributed by atoms with Crippen LogP contribution in [0.2, 0.25) is 0 Å². The Morgan fingerprint density at radius 3 is 1.93 bits per heavy atom. The molecule has 1 saturated heterocycles. The Balaban J connectivity index is 1.44. The van der Waals surface area contributed by atoms with Gasteiger partial charge in [-0.05, 0) is 75.4 Å². The van der Waals surface area contributed by atoms with Gasteiger partial charge in [-0.3, -0.25) is 0 Å². The number of alkyl halides is 2. The SMILES string of the molecule is FC(F)CCCCCCCCCOc1ccc(OCCC2CCNCC2)cc1. The number of hydrogen-bond donors (Lipinski definition) is 1. The number of unbranched alkanes of at least 4 members (excludes halogenated alkanes) is 6. The van der Waals surface area contributed by atoms with E-state index in [1.54, 1.807) is 0 Å². The summed E-state index contributed by atoms with van der Waals surface area (Å²) in [4.78, 5) is 0. The summed E-state index contributed by atoms with van der Waals surface area (Å²) in [7, 11) is 0. The summed E-state index contributed by atoms with van der Waals surface area (Å²) in [6.45, 7) is 3.78. The molecule has 2 rings (SSSR count). The molecule has 160 valence electrons. The lowest BCUT2D eigenvalue weighted by Crippen LogP contribution is -2.28. The first-order valence-corrected chi connectivity index (χ1v) is 11.1. The Bertz CT molecular complexity index is 490. The monoisotopic (exact) mass is 397 g/mol. The van der Waals surface area contributed by atoms with Gasteiger partial charge in [0.1, 0.15) is 11.5 Å². The van der Waals surface area contributed by atoms with E-state index in [9.17, 15) is 8.78 Å². The second-order valence-electron chi connectivity index (χ2n) is 7.81. The van der Waals surface area contributed by atoms with Crippen LogP contribution in [0.25, 0.3) is 0 Å². The normalized spacial score (nSPS) is 15.1. The molecule has 1 N–H and O–H groups in total. The number of halogens is 2. The number of rotatable bonds is 15. The summed E-state index contributed by atoms with van der Waals surface area (Å²) in [6.07, 6.45) is 8.65. The molecule has 0 spiro atoms. The van der Waals surface area contributed by atoms with Gasteiger partial charge in [0.25, 0.3) is 0 Å². The lowest BCUT2D eigenvalue weighted by atomic mass is 9.95. The van der Waals surface area contributed by atoms with E-state index in [1.807, 2.05) is 24.3 Å². The molecule has 0 amide bonds. The minimum atomic E-state index is -2.14. The molecule has 28 heavy (non-hydrogen) atoms. The van der Waals surface area contributed by atoms with Gasteiger partial charge in [-0.2, -0.15) is 0 Å². The summed E-state index contributed by atoms with van der Waals surface area (Å²) in [5.74, 6) is 2.59. The first kappa shape index (κ1) is 22.9. The van der Waals surface area contributed by atoms with Gasteiger partial charge in [0, 0.05) is 6.42 Å². The molecule has 1 aliphatic rings. The van der Waals surface area contributed by atoms with Gasteiger partial charge in [-0.15, -0.1) is 0 Å². The van der Waals surface area contributed by atoms with Crippen molar-refractivity contribution in [2.75, 3.05) is 26.3 Å². The topological polar surface area (TPSA) is 30.5 Å². The fourth-order valence-electron chi connectivity index (χ4n) is 3.62. The Morgan fingerprint density at radius 2 is 1.32 bits per heavy atom. The van der Waals surface area contributed by atoms with Crippen LogP contribution in [-0.4, -0.2) is 32.7 Å². The van der Waals surface area contributed by atoms with Crippen LogP contribution in [0.4, 0.5) is 8.78 Å². The van der Waals surface area contributed by atoms with Crippen LogP contribution >= 0.6 is 0 Å². The molecule has 0 atom stereocenters. The van der Waals surface area contributed by atoms with Crippen LogP contribution in [0.3, 0.4) is 0 Å². The Hall–Kier alpha value is -1.36. The van der Waals surface area contributed by atoms with E-state index < -0.39 is 6.43 Å². The molecule has 1 aliphatic heterocycles. The lowest BCUT2D eigenvalue weighted by molar-refractivity contribution is 0.133. The molecular weight excluding hydrogens is 360 g/mol. The van der Waals surface area contributed by atoms with E-state index in [2.05, 4.69) is 5.32 Å². The van der Waals surface area contributed by atoms with Gasteiger partial charge >= 0.3 is 0 Å². The van der Waals surface area contributed by atoms with Crippen LogP contribution in [0.15, 0.2) is 24.3 Å². The van der Waals surface area contributed by atoms with Crippen molar-refractivity contribution in [2.24, 2.45) is 5.92 Å². The third-order valence-corrected chi connectivity index (χ3v) is 5.41. The molecule has 0 aliphatic carbocycles. The Labute approximate surface area is 169 Å². The number of ether oxygens (including phenoxy) is 2. The molecule has 3 nitrogen and oxygen atoms in total. The van der Waals surface area contributed by atoms with E-state index >= 15 is 0 Å². The average molecular weight is 398 g/mol. The molecule has 1 aromatic rings. The average Bonchev–Trinajstić information content (AvgIpc) is 2.71. The van der Waals surface area contributed by atoms with E-state index in [1.165, 1.54) is 12.8 Å². The zero-order valence-electron chi connectivity index (χ0n) is 17.1. The van der Waals surface area contributed by atoms with Crippen molar-refractivity contribution >= 4 is 0 Å². The highest BCUT2D eigenvalue weighted by atomic mass is 19.3. The molecule has 0 bridgehead atoms. The maximum atomic E-state index is 12.0. The highest BCUT2D eigenvalue weighted by Gasteiger charge is 2.12. The molecule has 0 unspecified atom stereocenters. The van der Waals surface area contributed by atoms with E-state index in [-0.39, 0.29) is 6.42 Å². The fourth-order valence-corrected chi connectivity index (χ4v) is 3.62. The van der Waals surface area contributed by atoms with Crippen molar-refractivity contribution in [3.63, 3.8) is 0 Å². The lowest BCUT2D eigenvalue weighted by Gasteiger charge is -2.22. The molecule has 1 heterocycles. The summed E-state index contributed by atoms with van der Waals surface area (Å²) in [5, 5.41) is 3.39. The first-order chi connectivity index (χ1) is 13.7. The zero-order chi connectivity index (χ0) is 19.9. The van der Waals surface area contributed by atoms with Crippen molar-refractivity contribution < 1.29 is 18.3 Å². The van der Waals surface area contributed by atoms with E-state index in [0.29, 0.717) is 6.42 Å². The van der Waals surface area contributed by atoms with Crippen molar-refractivity contribution in [1.29, 1.82) is 0 Å². The van der Waals surface area contributed by atoms with Gasteiger partial charge in [0.05, 0.1) is 13.2 Å². The number of piperidine rings is 1. The number of benzene rings is 1. The van der Waals surface area contributed by atoms with Crippen LogP contribution in [-0.2, 0) is 0 Å². The highest BCUT2D eigenvalue weighted by molar-refractivity contribution is 5.31. The van der Waals surface area contributed by atoms with Crippen molar-refractivity contribution in [1.82, 2.24) is 5.32 Å². The molecule has 0 saturated carbocycles. The van der Waals surface area contributed by atoms with Crippen LogP contribution in [0.1, 0.15) is 70.6 Å². The molecule has 1 fully saturated rings. The molecule has 1 aromatic carbocycles. The highest BCUT2D eigenvalue weighted by Crippen LogP contribution is 2.20. The zero-order valence-corrected chi connectivity index (χ0v) is 17.1. The van der Waals surface area contributed by atoms with Crippen LogP contribution < -0.4 is 14.8 Å². The quantitative estimate of drug-likeness (QED) is 0.356. The maximum Gasteiger partial charge on any atom is 0.238 e. The predicted molar refractivity (Wildman–Crippen MR) is 111 cm³/mol. The Kier molecular flexibility index (Phi) is 12.0. The fraction of sp³-hybridized carbons (Fsp3) is 0.739. The number of nitrogens with one attached hydrogen (secondary N) is 1. The van der Waals surface area contributed by atoms with Gasteiger partial charge in [0.15, 0.2) is 0 Å². The van der Waals surface area contributed by atoms with Gasteiger partial charge in [-0.25, -0.2) is 8.78 Å². The van der Waals surface area contributed by atoms with Gasteiger partial charge in [-0.1, -0.05) is 32.1 Å². The van der Waals surface area contributed by atoms with Gasteiger partial charge < -0.3 is 14.8 Å². The molecule has 0 aromatic heterocycles. The largest absolute Gasteiger partial charge is 0.494 e. The minimum absolute atomic E-state index is 0.0515. The van der Waals surface area contributed by atoms with E-state index in [0.717, 1.165) is 88.7 Å². The van der Waals surface area contributed by atoms with E-state index in [4.69, 9.17) is 9.47 Å². The first-order valence-electron chi connectivity index (χ1n) is 11.1. The smallest absolute Gasteiger partial charge is 0.238 e. The molecule has 0 radical (unpaired) electrons.